The molecule has 2 rings (SSSR count). The van der Waals surface area contributed by atoms with Gasteiger partial charge >= 0.3 is 0 Å². The van der Waals surface area contributed by atoms with Crippen LogP contribution in [-0.2, 0) is 0 Å². The van der Waals surface area contributed by atoms with E-state index in [0.29, 0.717) is 5.41 Å². The Hall–Kier alpha value is -0.0800. The van der Waals surface area contributed by atoms with Crippen LogP contribution < -0.4 is 10.6 Å². The van der Waals surface area contributed by atoms with Gasteiger partial charge in [0.1, 0.15) is 0 Å². The summed E-state index contributed by atoms with van der Waals surface area (Å²) in [5.41, 5.74) is 0.672. The molecule has 2 aliphatic rings. The van der Waals surface area contributed by atoms with Gasteiger partial charge in [-0.1, -0.05) is 6.92 Å². The van der Waals surface area contributed by atoms with Gasteiger partial charge in [-0.3, -0.25) is 0 Å². The molecule has 1 aliphatic carbocycles. The van der Waals surface area contributed by atoms with E-state index in [2.05, 4.69) is 17.6 Å². The molecule has 2 heteroatoms. The van der Waals surface area contributed by atoms with Crippen molar-refractivity contribution in [3.63, 3.8) is 0 Å². The van der Waals surface area contributed by atoms with Crippen molar-refractivity contribution in [2.24, 2.45) is 5.41 Å². The molecule has 0 aromatic heterocycles. The van der Waals surface area contributed by atoms with Gasteiger partial charge in [0.05, 0.1) is 0 Å². The Balaban J connectivity index is 1.65. The molecule has 2 N–H and O–H groups in total. The molecular formula is C10H20N2. The molecule has 2 nitrogen and oxygen atoms in total. The highest BCUT2D eigenvalue weighted by molar-refractivity contribution is 4.91. The zero-order chi connectivity index (χ0) is 8.44. The molecule has 1 aliphatic heterocycles. The van der Waals surface area contributed by atoms with E-state index < -0.39 is 0 Å². The maximum Gasteiger partial charge on any atom is 0.00914 e. The molecule has 0 aromatic rings. The summed E-state index contributed by atoms with van der Waals surface area (Å²) in [5.74, 6) is 0. The number of rotatable bonds is 3. The van der Waals surface area contributed by atoms with Crippen LogP contribution >= 0.6 is 0 Å². The van der Waals surface area contributed by atoms with Gasteiger partial charge in [0.15, 0.2) is 0 Å². The van der Waals surface area contributed by atoms with E-state index in [0.717, 1.165) is 6.04 Å². The fourth-order valence-corrected chi connectivity index (χ4v) is 1.81. The lowest BCUT2D eigenvalue weighted by atomic mass is 10.0. The summed E-state index contributed by atoms with van der Waals surface area (Å²) in [5, 5.41) is 7.07. The summed E-state index contributed by atoms with van der Waals surface area (Å²) in [6.07, 6.45) is 5.50. The highest BCUT2D eigenvalue weighted by Crippen LogP contribution is 2.44. The lowest BCUT2D eigenvalue weighted by Crippen LogP contribution is -2.41. The third-order valence-electron chi connectivity index (χ3n) is 3.26. The van der Waals surface area contributed by atoms with Gasteiger partial charge in [0, 0.05) is 12.6 Å². The summed E-state index contributed by atoms with van der Waals surface area (Å²) in [7, 11) is 0. The highest BCUT2D eigenvalue weighted by Gasteiger charge is 2.37. The normalized spacial score (nSPS) is 28.8. The molecule has 1 heterocycles. The SMILES string of the molecule is CC1(CNC2CCNCC2)CC1. The Morgan fingerprint density at radius 1 is 1.33 bits per heavy atom. The lowest BCUT2D eigenvalue weighted by Gasteiger charge is -2.25. The predicted molar refractivity (Wildman–Crippen MR) is 51.2 cm³/mol. The molecule has 0 bridgehead atoms. The first-order valence-electron chi connectivity index (χ1n) is 5.23. The number of piperidine rings is 1. The Morgan fingerprint density at radius 3 is 2.58 bits per heavy atom. The maximum absolute atomic E-state index is 3.68. The Morgan fingerprint density at radius 2 is 2.00 bits per heavy atom. The summed E-state index contributed by atoms with van der Waals surface area (Å²) < 4.78 is 0. The van der Waals surface area contributed by atoms with Gasteiger partial charge in [-0.25, -0.2) is 0 Å². The second-order valence-electron chi connectivity index (χ2n) is 4.72. The Bertz CT molecular complexity index is 146. The fourth-order valence-electron chi connectivity index (χ4n) is 1.81. The monoisotopic (exact) mass is 168 g/mol. The first kappa shape index (κ1) is 8.52. The van der Waals surface area contributed by atoms with E-state index in [1.54, 1.807) is 0 Å². The van der Waals surface area contributed by atoms with Gasteiger partial charge in [0.2, 0.25) is 0 Å². The summed E-state index contributed by atoms with van der Waals surface area (Å²) in [4.78, 5) is 0. The minimum atomic E-state index is 0.672. The zero-order valence-electron chi connectivity index (χ0n) is 8.03. The van der Waals surface area contributed by atoms with Gasteiger partial charge in [0.25, 0.3) is 0 Å². The minimum Gasteiger partial charge on any atom is -0.317 e. The van der Waals surface area contributed by atoms with Gasteiger partial charge in [-0.2, -0.15) is 0 Å². The van der Waals surface area contributed by atoms with Gasteiger partial charge in [-0.05, 0) is 44.2 Å². The summed E-state index contributed by atoms with van der Waals surface area (Å²) >= 11 is 0. The van der Waals surface area contributed by atoms with Crippen LogP contribution in [0.2, 0.25) is 0 Å². The van der Waals surface area contributed by atoms with Crippen LogP contribution in [0.25, 0.3) is 0 Å². The number of hydrogen-bond donors (Lipinski definition) is 2. The standard InChI is InChI=1S/C10H20N2/c1-10(4-5-10)8-12-9-2-6-11-7-3-9/h9,11-12H,2-8H2,1H3. The van der Waals surface area contributed by atoms with E-state index in [9.17, 15) is 0 Å². The van der Waals surface area contributed by atoms with Crippen LogP contribution in [0.15, 0.2) is 0 Å². The minimum absolute atomic E-state index is 0.672. The topological polar surface area (TPSA) is 24.1 Å². The molecule has 70 valence electrons. The molecule has 2 fully saturated rings. The van der Waals surface area contributed by atoms with E-state index in [1.807, 2.05) is 0 Å². The van der Waals surface area contributed by atoms with Crippen LogP contribution in [-0.4, -0.2) is 25.7 Å². The van der Waals surface area contributed by atoms with E-state index in [4.69, 9.17) is 0 Å². The first-order chi connectivity index (χ1) is 5.79. The van der Waals surface area contributed by atoms with Crippen molar-refractivity contribution in [2.45, 2.75) is 38.6 Å². The third kappa shape index (κ3) is 2.20. The van der Waals surface area contributed by atoms with Crippen LogP contribution in [0.4, 0.5) is 0 Å². The fraction of sp³-hybridized carbons (Fsp3) is 1.00. The molecule has 0 spiro atoms. The van der Waals surface area contributed by atoms with Crippen LogP contribution in [0, 0.1) is 5.41 Å². The quantitative estimate of drug-likeness (QED) is 0.660. The van der Waals surface area contributed by atoms with Crippen molar-refractivity contribution in [2.75, 3.05) is 19.6 Å². The summed E-state index contributed by atoms with van der Waals surface area (Å²) in [6, 6.07) is 0.795. The van der Waals surface area contributed by atoms with E-state index >= 15 is 0 Å². The van der Waals surface area contributed by atoms with Crippen LogP contribution in [0.1, 0.15) is 32.6 Å². The molecule has 0 unspecified atom stereocenters. The van der Waals surface area contributed by atoms with E-state index in [-0.39, 0.29) is 0 Å². The molecule has 1 saturated carbocycles. The summed E-state index contributed by atoms with van der Waals surface area (Å²) in [6.45, 7) is 6.04. The number of hydrogen-bond acceptors (Lipinski definition) is 2. The Kier molecular flexibility index (Phi) is 2.37. The molecule has 0 radical (unpaired) electrons. The van der Waals surface area contributed by atoms with Crippen molar-refractivity contribution in [1.29, 1.82) is 0 Å². The lowest BCUT2D eigenvalue weighted by molar-refractivity contribution is 0.358. The van der Waals surface area contributed by atoms with Crippen molar-refractivity contribution in [3.8, 4) is 0 Å². The predicted octanol–water partition coefficient (Wildman–Crippen LogP) is 1.13. The molecular weight excluding hydrogens is 148 g/mol. The second-order valence-corrected chi connectivity index (χ2v) is 4.72. The molecule has 12 heavy (non-hydrogen) atoms. The van der Waals surface area contributed by atoms with Crippen molar-refractivity contribution < 1.29 is 0 Å². The van der Waals surface area contributed by atoms with Crippen molar-refractivity contribution in [1.82, 2.24) is 10.6 Å². The van der Waals surface area contributed by atoms with Gasteiger partial charge < -0.3 is 10.6 Å². The molecule has 0 aromatic carbocycles. The third-order valence-corrected chi connectivity index (χ3v) is 3.26. The molecule has 0 amide bonds. The Labute approximate surface area is 75.1 Å². The van der Waals surface area contributed by atoms with Crippen LogP contribution in [0.5, 0.6) is 0 Å². The largest absolute Gasteiger partial charge is 0.317 e. The zero-order valence-corrected chi connectivity index (χ0v) is 8.03. The molecule has 0 atom stereocenters. The van der Waals surface area contributed by atoms with Crippen LogP contribution in [0.3, 0.4) is 0 Å². The van der Waals surface area contributed by atoms with Crippen molar-refractivity contribution in [3.05, 3.63) is 0 Å². The number of nitrogens with one attached hydrogen (secondary N) is 2. The smallest absolute Gasteiger partial charge is 0.00914 e. The average molecular weight is 168 g/mol. The van der Waals surface area contributed by atoms with Crippen molar-refractivity contribution >= 4 is 0 Å². The highest BCUT2D eigenvalue weighted by atomic mass is 15.0. The van der Waals surface area contributed by atoms with E-state index in [1.165, 1.54) is 45.3 Å². The molecule has 1 saturated heterocycles. The second kappa shape index (κ2) is 3.35. The first-order valence-corrected chi connectivity index (χ1v) is 5.23. The average Bonchev–Trinajstić information content (AvgIpc) is 2.84. The maximum atomic E-state index is 3.68. The van der Waals surface area contributed by atoms with Gasteiger partial charge in [-0.15, -0.1) is 0 Å².